The molecular weight excluding hydrogens is 468 g/mol. The average Bonchev–Trinajstić information content (AvgIpc) is 2.88. The van der Waals surface area contributed by atoms with Crippen LogP contribution in [0.3, 0.4) is 0 Å². The summed E-state index contributed by atoms with van der Waals surface area (Å²) in [5.74, 6) is 0.427. The molecule has 194 valence electrons. The van der Waals surface area contributed by atoms with Crippen molar-refractivity contribution in [2.45, 2.75) is 39.2 Å². The monoisotopic (exact) mass is 502 g/mol. The second-order valence-electron chi connectivity index (χ2n) is 9.33. The van der Waals surface area contributed by atoms with E-state index in [1.165, 1.54) is 0 Å². The molecule has 1 N–H and O–H groups in total. The molecule has 0 radical (unpaired) electrons. The van der Waals surface area contributed by atoms with Crippen LogP contribution in [0.4, 0.5) is 5.69 Å². The van der Waals surface area contributed by atoms with Gasteiger partial charge in [-0.15, -0.1) is 0 Å². The Balaban J connectivity index is 1.92. The van der Waals surface area contributed by atoms with E-state index < -0.39 is 12.0 Å². The number of nitrogens with zero attached hydrogens (tertiary/aromatic N) is 1. The summed E-state index contributed by atoms with van der Waals surface area (Å²) < 4.78 is 16.7. The summed E-state index contributed by atoms with van der Waals surface area (Å²) in [6.45, 7) is 6.50. The number of benzene rings is 3. The first-order valence-electron chi connectivity index (χ1n) is 12.4. The maximum absolute atomic E-state index is 14.1. The van der Waals surface area contributed by atoms with Gasteiger partial charge in [0.25, 0.3) is 5.91 Å². The van der Waals surface area contributed by atoms with Gasteiger partial charge in [-0.2, -0.15) is 0 Å². The number of methoxy groups -OCH3 is 3. The molecule has 0 aliphatic carbocycles. The van der Waals surface area contributed by atoms with Crippen LogP contribution in [0, 0.1) is 13.8 Å². The smallest absolute Gasteiger partial charge is 0.254 e. The number of nitrogens with one attached hydrogen (secondary N) is 1. The first-order chi connectivity index (χ1) is 17.8. The van der Waals surface area contributed by atoms with E-state index in [4.69, 9.17) is 14.2 Å². The van der Waals surface area contributed by atoms with Gasteiger partial charge in [-0.3, -0.25) is 9.59 Å². The van der Waals surface area contributed by atoms with Gasteiger partial charge in [0, 0.05) is 17.8 Å². The lowest BCUT2D eigenvalue weighted by atomic mass is 9.78. The van der Waals surface area contributed by atoms with Gasteiger partial charge in [-0.05, 0) is 72.9 Å². The Kier molecular flexibility index (Phi) is 7.71. The second kappa shape index (κ2) is 10.9. The number of hydrogen-bond donors (Lipinski definition) is 1. The van der Waals surface area contributed by atoms with Gasteiger partial charge in [0.15, 0.2) is 11.5 Å². The van der Waals surface area contributed by atoms with Crippen molar-refractivity contribution in [3.63, 3.8) is 0 Å². The molecule has 0 fully saturated rings. The number of amides is 2. The van der Waals surface area contributed by atoms with E-state index in [1.54, 1.807) is 32.3 Å². The molecule has 4 rings (SSSR count). The van der Waals surface area contributed by atoms with Crippen molar-refractivity contribution >= 4 is 17.5 Å². The number of carbonyl (C=O) groups is 2. The lowest BCUT2D eigenvalue weighted by Crippen LogP contribution is -2.46. The third-order valence-corrected chi connectivity index (χ3v) is 6.70. The Hall–Kier alpha value is -4.00. The summed E-state index contributed by atoms with van der Waals surface area (Å²) in [7, 11) is 4.65. The largest absolute Gasteiger partial charge is 0.493 e. The van der Waals surface area contributed by atoms with E-state index in [0.29, 0.717) is 34.9 Å². The topological polar surface area (TPSA) is 77.1 Å². The molecule has 1 aliphatic rings. The molecule has 2 amide bonds. The van der Waals surface area contributed by atoms with Crippen LogP contribution in [0.5, 0.6) is 17.2 Å². The van der Waals surface area contributed by atoms with Crippen LogP contribution >= 0.6 is 0 Å². The molecule has 0 saturated heterocycles. The van der Waals surface area contributed by atoms with Crippen LogP contribution in [-0.2, 0) is 4.79 Å². The Labute approximate surface area is 218 Å². The van der Waals surface area contributed by atoms with Gasteiger partial charge in [0.05, 0.1) is 33.3 Å². The number of aryl methyl sites for hydroxylation is 2. The van der Waals surface area contributed by atoms with Crippen molar-refractivity contribution in [2.75, 3.05) is 33.2 Å². The summed E-state index contributed by atoms with van der Waals surface area (Å²) >= 11 is 0. The summed E-state index contributed by atoms with van der Waals surface area (Å²) in [6.07, 6.45) is 0.736. The van der Waals surface area contributed by atoms with Crippen LogP contribution in [-0.4, -0.2) is 44.6 Å². The molecular formula is C30H34N2O5. The fourth-order valence-electron chi connectivity index (χ4n) is 5.27. The number of carbonyl (C=O) groups excluding carboxylic acids is 2. The molecule has 1 aliphatic heterocycles. The molecule has 7 nitrogen and oxygen atoms in total. The van der Waals surface area contributed by atoms with Gasteiger partial charge in [0.1, 0.15) is 0 Å². The van der Waals surface area contributed by atoms with Crippen LogP contribution in [0.25, 0.3) is 0 Å². The van der Waals surface area contributed by atoms with Crippen molar-refractivity contribution in [1.29, 1.82) is 0 Å². The van der Waals surface area contributed by atoms with Crippen molar-refractivity contribution in [1.82, 2.24) is 4.90 Å². The molecule has 2 atom stereocenters. The highest BCUT2D eigenvalue weighted by atomic mass is 16.5. The SMILES string of the molecule is CCCN1C(=O)c2ccccc2C(C(=O)Nc2cc(C)cc(C)c2)C1c1cc(OC)c(OC)c(OC)c1. The third kappa shape index (κ3) is 4.99. The highest BCUT2D eigenvalue weighted by Crippen LogP contribution is 2.47. The second-order valence-corrected chi connectivity index (χ2v) is 9.33. The zero-order valence-corrected chi connectivity index (χ0v) is 22.3. The lowest BCUT2D eigenvalue weighted by Gasteiger charge is -2.42. The Morgan fingerprint density at radius 3 is 2.11 bits per heavy atom. The van der Waals surface area contributed by atoms with Crippen LogP contribution in [0.1, 0.15) is 57.9 Å². The molecule has 7 heteroatoms. The summed E-state index contributed by atoms with van der Waals surface area (Å²) in [5.41, 5.74) is 4.81. The maximum atomic E-state index is 14.1. The normalized spacial score (nSPS) is 16.7. The molecule has 37 heavy (non-hydrogen) atoms. The molecule has 0 spiro atoms. The Morgan fingerprint density at radius 1 is 0.919 bits per heavy atom. The predicted molar refractivity (Wildman–Crippen MR) is 144 cm³/mol. The van der Waals surface area contributed by atoms with Gasteiger partial charge in [-0.25, -0.2) is 0 Å². The first kappa shape index (κ1) is 26.1. The number of ether oxygens (including phenoxy) is 3. The fourth-order valence-corrected chi connectivity index (χ4v) is 5.27. The number of hydrogen-bond acceptors (Lipinski definition) is 5. The minimum absolute atomic E-state index is 0.105. The van der Waals surface area contributed by atoms with Crippen LogP contribution < -0.4 is 19.5 Å². The van der Waals surface area contributed by atoms with E-state index in [0.717, 1.165) is 28.8 Å². The lowest BCUT2D eigenvalue weighted by molar-refractivity contribution is -0.119. The average molecular weight is 503 g/mol. The molecule has 0 saturated carbocycles. The van der Waals surface area contributed by atoms with Crippen LogP contribution in [0.15, 0.2) is 54.6 Å². The predicted octanol–water partition coefficient (Wildman–Crippen LogP) is 5.66. The molecule has 3 aromatic carbocycles. The van der Waals surface area contributed by atoms with Crippen molar-refractivity contribution in [3.8, 4) is 17.2 Å². The molecule has 2 unspecified atom stereocenters. The summed E-state index contributed by atoms with van der Waals surface area (Å²) in [6, 6.07) is 16.4. The van der Waals surface area contributed by atoms with Crippen molar-refractivity contribution in [3.05, 3.63) is 82.4 Å². The van der Waals surface area contributed by atoms with Gasteiger partial charge in [0.2, 0.25) is 11.7 Å². The quantitative estimate of drug-likeness (QED) is 0.430. The van der Waals surface area contributed by atoms with E-state index >= 15 is 0 Å². The van der Waals surface area contributed by atoms with Crippen molar-refractivity contribution in [2.24, 2.45) is 0 Å². The van der Waals surface area contributed by atoms with E-state index in [-0.39, 0.29) is 11.8 Å². The number of rotatable bonds is 8. The standard InChI is InChI=1S/C30H34N2O5/c1-7-12-32-27(20-16-24(35-4)28(37-6)25(17-20)36-5)26(22-10-8-9-11-23(22)30(32)34)29(33)31-21-14-18(2)13-19(3)15-21/h8-11,13-17,26-27H,7,12H2,1-6H3,(H,31,33). The summed E-state index contributed by atoms with van der Waals surface area (Å²) in [4.78, 5) is 29.6. The fraction of sp³-hybridized carbons (Fsp3) is 0.333. The minimum atomic E-state index is -0.663. The highest BCUT2D eigenvalue weighted by molar-refractivity contribution is 6.04. The first-order valence-corrected chi connectivity index (χ1v) is 12.4. The van der Waals surface area contributed by atoms with E-state index in [2.05, 4.69) is 11.4 Å². The Morgan fingerprint density at radius 2 is 1.54 bits per heavy atom. The zero-order chi connectivity index (χ0) is 26.7. The maximum Gasteiger partial charge on any atom is 0.254 e. The number of anilines is 1. The zero-order valence-electron chi connectivity index (χ0n) is 22.3. The van der Waals surface area contributed by atoms with Crippen LogP contribution in [0.2, 0.25) is 0 Å². The number of fused-ring (bicyclic) bond motifs is 1. The van der Waals surface area contributed by atoms with E-state index in [9.17, 15) is 9.59 Å². The minimum Gasteiger partial charge on any atom is -0.493 e. The van der Waals surface area contributed by atoms with E-state index in [1.807, 2.05) is 63.2 Å². The van der Waals surface area contributed by atoms with Gasteiger partial charge < -0.3 is 24.4 Å². The summed E-state index contributed by atoms with van der Waals surface area (Å²) in [5, 5.41) is 3.13. The third-order valence-electron chi connectivity index (χ3n) is 6.70. The van der Waals surface area contributed by atoms with Gasteiger partial charge >= 0.3 is 0 Å². The molecule has 3 aromatic rings. The molecule has 0 aromatic heterocycles. The molecule has 1 heterocycles. The molecule has 0 bridgehead atoms. The van der Waals surface area contributed by atoms with Crippen molar-refractivity contribution < 1.29 is 23.8 Å². The van der Waals surface area contributed by atoms with Gasteiger partial charge in [-0.1, -0.05) is 31.2 Å². The Bertz CT molecular complexity index is 1270. The highest BCUT2D eigenvalue weighted by Gasteiger charge is 2.44.